The maximum atomic E-state index is 13.7. The largest absolute Gasteiger partial charge is 0.353 e. The maximum Gasteiger partial charge on any atom is 0.234 e. The average molecular weight is 439 g/mol. The number of amides is 1. The van der Waals surface area contributed by atoms with Crippen LogP contribution in [-0.2, 0) is 4.79 Å². The summed E-state index contributed by atoms with van der Waals surface area (Å²) in [6, 6.07) is 23.9. The third-order valence-corrected chi connectivity index (χ3v) is 5.98. The fourth-order valence-electron chi connectivity index (χ4n) is 4.33. The minimum absolute atomic E-state index is 0.142. The Labute approximate surface area is 193 Å². The molecule has 0 aliphatic carbocycles. The third kappa shape index (κ3) is 4.48. The molecule has 3 heterocycles. The highest BCUT2D eigenvalue weighted by Gasteiger charge is 2.30. The second-order valence-corrected chi connectivity index (χ2v) is 8.15. The summed E-state index contributed by atoms with van der Waals surface area (Å²) in [5.74, 6) is 2.15. The van der Waals surface area contributed by atoms with Gasteiger partial charge in [0.25, 0.3) is 0 Å². The molecule has 4 aromatic rings. The molecule has 166 valence electrons. The van der Waals surface area contributed by atoms with Gasteiger partial charge in [-0.05, 0) is 24.1 Å². The van der Waals surface area contributed by atoms with Gasteiger partial charge in [0, 0.05) is 44.6 Å². The zero-order chi connectivity index (χ0) is 22.6. The van der Waals surface area contributed by atoms with Crippen molar-refractivity contribution in [1.29, 1.82) is 0 Å². The molecule has 0 spiro atoms. The van der Waals surface area contributed by atoms with E-state index in [4.69, 9.17) is 0 Å². The molecule has 1 aliphatic heterocycles. The van der Waals surface area contributed by atoms with E-state index in [1.807, 2.05) is 90.8 Å². The Kier molecular flexibility index (Phi) is 5.85. The molecule has 0 saturated carbocycles. The topological polar surface area (TPSA) is 67.2 Å². The van der Waals surface area contributed by atoms with Crippen LogP contribution >= 0.6 is 0 Å². The van der Waals surface area contributed by atoms with Crippen molar-refractivity contribution in [2.45, 2.75) is 12.8 Å². The first-order valence-corrected chi connectivity index (χ1v) is 11.2. The predicted molar refractivity (Wildman–Crippen MR) is 127 cm³/mol. The molecular weight excluding hydrogens is 412 g/mol. The molecule has 2 aromatic carbocycles. The van der Waals surface area contributed by atoms with Crippen molar-refractivity contribution in [1.82, 2.24) is 24.6 Å². The highest BCUT2D eigenvalue weighted by atomic mass is 16.2. The van der Waals surface area contributed by atoms with Crippen LogP contribution in [0.1, 0.15) is 22.9 Å². The van der Waals surface area contributed by atoms with E-state index in [-0.39, 0.29) is 11.8 Å². The first-order valence-electron chi connectivity index (χ1n) is 11.2. The van der Waals surface area contributed by atoms with Crippen molar-refractivity contribution in [3.05, 3.63) is 102 Å². The van der Waals surface area contributed by atoms with Gasteiger partial charge in [-0.25, -0.2) is 14.6 Å². The molecule has 5 rings (SSSR count). The SMILES string of the molecule is Cc1nc(N2CCN(C(=O)C(c3ccccc3)c3ccccc3)CC2)cc(-n2cccn2)n1. The van der Waals surface area contributed by atoms with Crippen LogP contribution in [0, 0.1) is 6.92 Å². The van der Waals surface area contributed by atoms with Gasteiger partial charge < -0.3 is 9.80 Å². The summed E-state index contributed by atoms with van der Waals surface area (Å²) in [5.41, 5.74) is 2.04. The summed E-state index contributed by atoms with van der Waals surface area (Å²) in [6.45, 7) is 4.62. The molecule has 0 atom stereocenters. The number of piperazine rings is 1. The second-order valence-electron chi connectivity index (χ2n) is 8.15. The molecule has 33 heavy (non-hydrogen) atoms. The molecule has 0 radical (unpaired) electrons. The number of carbonyl (C=O) groups is 1. The van der Waals surface area contributed by atoms with Gasteiger partial charge in [0.15, 0.2) is 5.82 Å². The Balaban J connectivity index is 1.34. The predicted octanol–water partition coefficient (Wildman–Crippen LogP) is 3.45. The van der Waals surface area contributed by atoms with Crippen LogP contribution in [0.4, 0.5) is 5.82 Å². The lowest BCUT2D eigenvalue weighted by Gasteiger charge is -2.37. The van der Waals surface area contributed by atoms with E-state index in [0.29, 0.717) is 18.9 Å². The minimum Gasteiger partial charge on any atom is -0.353 e. The van der Waals surface area contributed by atoms with Crippen molar-refractivity contribution in [2.24, 2.45) is 0 Å². The number of benzene rings is 2. The van der Waals surface area contributed by atoms with Crippen LogP contribution in [0.15, 0.2) is 85.2 Å². The van der Waals surface area contributed by atoms with Crippen LogP contribution in [0.3, 0.4) is 0 Å². The number of rotatable bonds is 5. The molecular formula is C26H26N6O. The van der Waals surface area contributed by atoms with E-state index in [2.05, 4.69) is 20.0 Å². The molecule has 0 unspecified atom stereocenters. The summed E-state index contributed by atoms with van der Waals surface area (Å²) in [5, 5.41) is 4.28. The number of aryl methyl sites for hydroxylation is 1. The minimum atomic E-state index is -0.299. The molecule has 2 aromatic heterocycles. The summed E-state index contributed by atoms with van der Waals surface area (Å²) in [6.07, 6.45) is 3.60. The first kappa shape index (κ1) is 20.9. The van der Waals surface area contributed by atoms with Crippen molar-refractivity contribution in [2.75, 3.05) is 31.1 Å². The van der Waals surface area contributed by atoms with Crippen molar-refractivity contribution in [3.63, 3.8) is 0 Å². The second kappa shape index (κ2) is 9.24. The Morgan fingerprint density at radius 2 is 1.42 bits per heavy atom. The van der Waals surface area contributed by atoms with Gasteiger partial charge >= 0.3 is 0 Å². The van der Waals surface area contributed by atoms with Crippen LogP contribution in [0.2, 0.25) is 0 Å². The summed E-state index contributed by atoms with van der Waals surface area (Å²) in [4.78, 5) is 27.0. The Morgan fingerprint density at radius 1 is 0.818 bits per heavy atom. The van der Waals surface area contributed by atoms with Gasteiger partial charge in [-0.2, -0.15) is 5.10 Å². The van der Waals surface area contributed by atoms with Crippen molar-refractivity contribution < 1.29 is 4.79 Å². The number of hydrogen-bond donors (Lipinski definition) is 0. The standard InChI is InChI=1S/C26H26N6O/c1-20-28-23(19-24(29-20)32-14-8-13-27-32)30-15-17-31(18-16-30)26(33)25(21-9-4-2-5-10-21)22-11-6-3-7-12-22/h2-14,19,25H,15-18H2,1H3. The highest BCUT2D eigenvalue weighted by molar-refractivity contribution is 5.87. The normalized spacial score (nSPS) is 14.0. The average Bonchev–Trinajstić information content (AvgIpc) is 3.41. The molecule has 1 amide bonds. The fraction of sp³-hybridized carbons (Fsp3) is 0.231. The number of nitrogens with zero attached hydrogens (tertiary/aromatic N) is 6. The molecule has 0 bridgehead atoms. The smallest absolute Gasteiger partial charge is 0.234 e. The summed E-state index contributed by atoms with van der Waals surface area (Å²) >= 11 is 0. The van der Waals surface area contributed by atoms with Gasteiger partial charge in [0.1, 0.15) is 11.6 Å². The maximum absolute atomic E-state index is 13.7. The third-order valence-electron chi connectivity index (χ3n) is 5.98. The number of aromatic nitrogens is 4. The lowest BCUT2D eigenvalue weighted by atomic mass is 9.90. The quantitative estimate of drug-likeness (QED) is 0.477. The molecule has 0 N–H and O–H groups in total. The lowest BCUT2D eigenvalue weighted by molar-refractivity contribution is -0.132. The monoisotopic (exact) mass is 438 g/mol. The Hall–Kier alpha value is -4.00. The molecule has 7 nitrogen and oxygen atoms in total. The van der Waals surface area contributed by atoms with Crippen LogP contribution in [-0.4, -0.2) is 56.7 Å². The zero-order valence-electron chi connectivity index (χ0n) is 18.6. The summed E-state index contributed by atoms with van der Waals surface area (Å²) in [7, 11) is 0. The fourth-order valence-corrected chi connectivity index (χ4v) is 4.33. The summed E-state index contributed by atoms with van der Waals surface area (Å²) < 4.78 is 1.74. The van der Waals surface area contributed by atoms with E-state index < -0.39 is 0 Å². The molecule has 1 fully saturated rings. The molecule has 1 saturated heterocycles. The van der Waals surface area contributed by atoms with Crippen molar-refractivity contribution in [3.8, 4) is 5.82 Å². The van der Waals surface area contributed by atoms with Gasteiger partial charge in [0.2, 0.25) is 5.91 Å². The van der Waals surface area contributed by atoms with E-state index in [1.54, 1.807) is 10.9 Å². The number of carbonyl (C=O) groups excluding carboxylic acids is 1. The van der Waals surface area contributed by atoms with Gasteiger partial charge in [-0.1, -0.05) is 60.7 Å². The van der Waals surface area contributed by atoms with Gasteiger partial charge in [0.05, 0.1) is 5.92 Å². The van der Waals surface area contributed by atoms with E-state index in [1.165, 1.54) is 0 Å². The Bertz CT molecular complexity index is 1160. The van der Waals surface area contributed by atoms with E-state index in [0.717, 1.165) is 35.9 Å². The van der Waals surface area contributed by atoms with Crippen LogP contribution in [0.25, 0.3) is 5.82 Å². The molecule has 7 heteroatoms. The van der Waals surface area contributed by atoms with E-state index >= 15 is 0 Å². The van der Waals surface area contributed by atoms with E-state index in [9.17, 15) is 4.79 Å². The van der Waals surface area contributed by atoms with Gasteiger partial charge in [-0.3, -0.25) is 4.79 Å². The highest BCUT2D eigenvalue weighted by Crippen LogP contribution is 2.28. The van der Waals surface area contributed by atoms with Crippen molar-refractivity contribution >= 4 is 11.7 Å². The zero-order valence-corrected chi connectivity index (χ0v) is 18.6. The lowest BCUT2D eigenvalue weighted by Crippen LogP contribution is -2.50. The molecule has 1 aliphatic rings. The Morgan fingerprint density at radius 3 is 2.00 bits per heavy atom. The van der Waals surface area contributed by atoms with Gasteiger partial charge in [-0.15, -0.1) is 0 Å². The number of hydrogen-bond acceptors (Lipinski definition) is 5. The number of anilines is 1. The van der Waals surface area contributed by atoms with Crippen LogP contribution in [0.5, 0.6) is 0 Å². The van der Waals surface area contributed by atoms with Crippen LogP contribution < -0.4 is 4.90 Å². The first-order chi connectivity index (χ1) is 16.2.